The summed E-state index contributed by atoms with van der Waals surface area (Å²) in [6.07, 6.45) is 1.12. The van der Waals surface area contributed by atoms with Crippen molar-refractivity contribution in [3.8, 4) is 5.75 Å². The van der Waals surface area contributed by atoms with Gasteiger partial charge >= 0.3 is 0 Å². The number of ether oxygens (including phenoxy) is 1. The third-order valence-electron chi connectivity index (χ3n) is 2.42. The van der Waals surface area contributed by atoms with Gasteiger partial charge in [0.05, 0.1) is 12.7 Å². The Morgan fingerprint density at radius 1 is 1.44 bits per heavy atom. The van der Waals surface area contributed by atoms with Crippen LogP contribution in [0, 0.1) is 11.7 Å². The Morgan fingerprint density at radius 2 is 2.12 bits per heavy atom. The number of carbonyl (C=O) groups excluding carboxylic acids is 1. The van der Waals surface area contributed by atoms with Crippen LogP contribution >= 0.6 is 0 Å². The normalized spacial score (nSPS) is 10.6. The maximum atomic E-state index is 13.5. The van der Waals surface area contributed by atoms with E-state index in [1.807, 2.05) is 13.8 Å². The first-order chi connectivity index (χ1) is 7.56. The van der Waals surface area contributed by atoms with Gasteiger partial charge in [0.15, 0.2) is 5.78 Å². The summed E-state index contributed by atoms with van der Waals surface area (Å²) in [6, 6.07) is 4.42. The standard InChI is InChI=1S/C13H17FO2/c1-9(2)7-8-11(15)13-10(14)5-4-6-12(13)16-3/h4-6,9H,7-8H2,1-3H3. The van der Waals surface area contributed by atoms with Crippen LogP contribution < -0.4 is 4.74 Å². The third kappa shape index (κ3) is 3.05. The number of halogens is 1. The molecule has 0 N–H and O–H groups in total. The van der Waals surface area contributed by atoms with Crippen molar-refractivity contribution >= 4 is 5.78 Å². The maximum Gasteiger partial charge on any atom is 0.169 e. The molecule has 16 heavy (non-hydrogen) atoms. The average Bonchev–Trinajstić information content (AvgIpc) is 2.25. The van der Waals surface area contributed by atoms with Gasteiger partial charge in [-0.2, -0.15) is 0 Å². The first kappa shape index (κ1) is 12.7. The largest absolute Gasteiger partial charge is 0.496 e. The average molecular weight is 224 g/mol. The molecule has 0 aliphatic heterocycles. The lowest BCUT2D eigenvalue weighted by atomic mass is 10.0. The quantitative estimate of drug-likeness (QED) is 0.716. The van der Waals surface area contributed by atoms with Crippen LogP contribution in [-0.4, -0.2) is 12.9 Å². The molecular weight excluding hydrogens is 207 g/mol. The van der Waals surface area contributed by atoms with E-state index in [4.69, 9.17) is 4.74 Å². The van der Waals surface area contributed by atoms with Gasteiger partial charge in [0.25, 0.3) is 0 Å². The molecule has 88 valence electrons. The number of ketones is 1. The summed E-state index contributed by atoms with van der Waals surface area (Å²) < 4.78 is 18.5. The second kappa shape index (κ2) is 5.64. The first-order valence-corrected chi connectivity index (χ1v) is 5.42. The van der Waals surface area contributed by atoms with Gasteiger partial charge in [0, 0.05) is 6.42 Å². The highest BCUT2D eigenvalue weighted by Gasteiger charge is 2.17. The smallest absolute Gasteiger partial charge is 0.169 e. The molecule has 0 saturated heterocycles. The van der Waals surface area contributed by atoms with E-state index in [1.165, 1.54) is 19.2 Å². The Morgan fingerprint density at radius 3 is 2.69 bits per heavy atom. The summed E-state index contributed by atoms with van der Waals surface area (Å²) in [7, 11) is 1.44. The zero-order chi connectivity index (χ0) is 12.1. The second-order valence-corrected chi connectivity index (χ2v) is 4.17. The van der Waals surface area contributed by atoms with E-state index < -0.39 is 5.82 Å². The van der Waals surface area contributed by atoms with Crippen LogP contribution in [0.3, 0.4) is 0 Å². The predicted octanol–water partition coefficient (Wildman–Crippen LogP) is 3.45. The first-order valence-electron chi connectivity index (χ1n) is 5.42. The summed E-state index contributed by atoms with van der Waals surface area (Å²) >= 11 is 0. The minimum atomic E-state index is -0.506. The summed E-state index contributed by atoms with van der Waals surface area (Å²) in [6.45, 7) is 4.07. The van der Waals surface area contributed by atoms with Gasteiger partial charge in [-0.1, -0.05) is 19.9 Å². The van der Waals surface area contributed by atoms with E-state index >= 15 is 0 Å². The highest BCUT2D eigenvalue weighted by Crippen LogP contribution is 2.23. The summed E-state index contributed by atoms with van der Waals surface area (Å²) in [5.74, 6) is 0.0484. The molecule has 3 heteroatoms. The number of rotatable bonds is 5. The van der Waals surface area contributed by atoms with E-state index in [1.54, 1.807) is 6.07 Å². The number of hydrogen-bond acceptors (Lipinski definition) is 2. The second-order valence-electron chi connectivity index (χ2n) is 4.17. The molecule has 0 amide bonds. The molecule has 1 rings (SSSR count). The van der Waals surface area contributed by atoms with Gasteiger partial charge in [-0.15, -0.1) is 0 Å². The van der Waals surface area contributed by atoms with Gasteiger partial charge in [-0.05, 0) is 24.5 Å². The van der Waals surface area contributed by atoms with Gasteiger partial charge < -0.3 is 4.74 Å². The molecule has 0 saturated carbocycles. The molecule has 2 nitrogen and oxygen atoms in total. The molecular formula is C13H17FO2. The van der Waals surface area contributed by atoms with Crippen LogP contribution in [0.4, 0.5) is 4.39 Å². The van der Waals surface area contributed by atoms with Crippen LogP contribution in [0.15, 0.2) is 18.2 Å². The highest BCUT2D eigenvalue weighted by molar-refractivity contribution is 5.98. The molecule has 0 aliphatic rings. The number of carbonyl (C=O) groups is 1. The Hall–Kier alpha value is -1.38. The number of methoxy groups -OCH3 is 1. The SMILES string of the molecule is COc1cccc(F)c1C(=O)CCC(C)C. The molecule has 0 aliphatic carbocycles. The lowest BCUT2D eigenvalue weighted by molar-refractivity contribution is 0.0968. The molecule has 0 unspecified atom stereocenters. The van der Waals surface area contributed by atoms with Crippen molar-refractivity contribution < 1.29 is 13.9 Å². The van der Waals surface area contributed by atoms with Gasteiger partial charge in [0.2, 0.25) is 0 Å². The Labute approximate surface area is 95.4 Å². The van der Waals surface area contributed by atoms with E-state index in [0.29, 0.717) is 18.1 Å². The van der Waals surface area contributed by atoms with E-state index in [2.05, 4.69) is 0 Å². The molecule has 0 fully saturated rings. The van der Waals surface area contributed by atoms with E-state index in [0.717, 1.165) is 6.42 Å². The lowest BCUT2D eigenvalue weighted by Gasteiger charge is -2.09. The van der Waals surface area contributed by atoms with Crippen molar-refractivity contribution in [1.29, 1.82) is 0 Å². The maximum absolute atomic E-state index is 13.5. The Balaban J connectivity index is 2.89. The fourth-order valence-electron chi connectivity index (χ4n) is 1.49. The number of benzene rings is 1. The summed E-state index contributed by atoms with van der Waals surface area (Å²) in [5.41, 5.74) is 0.0747. The van der Waals surface area contributed by atoms with Crippen LogP contribution in [0.1, 0.15) is 37.0 Å². The lowest BCUT2D eigenvalue weighted by Crippen LogP contribution is -2.06. The van der Waals surface area contributed by atoms with Crippen molar-refractivity contribution in [3.05, 3.63) is 29.6 Å². The van der Waals surface area contributed by atoms with Crippen LogP contribution in [0.25, 0.3) is 0 Å². The van der Waals surface area contributed by atoms with Gasteiger partial charge in [-0.3, -0.25) is 4.79 Å². The monoisotopic (exact) mass is 224 g/mol. The minimum Gasteiger partial charge on any atom is -0.496 e. The van der Waals surface area contributed by atoms with Gasteiger partial charge in [0.1, 0.15) is 11.6 Å². The van der Waals surface area contributed by atoms with Crippen molar-refractivity contribution in [2.75, 3.05) is 7.11 Å². The Kier molecular flexibility index (Phi) is 4.47. The number of Topliss-reactive ketones (excluding diaryl/α,β-unsaturated/α-hetero) is 1. The molecule has 0 heterocycles. The highest BCUT2D eigenvalue weighted by atomic mass is 19.1. The van der Waals surface area contributed by atoms with Crippen LogP contribution in [0.2, 0.25) is 0 Å². The molecule has 0 atom stereocenters. The molecule has 1 aromatic carbocycles. The number of hydrogen-bond donors (Lipinski definition) is 0. The van der Waals surface area contributed by atoms with E-state index in [-0.39, 0.29) is 11.3 Å². The topological polar surface area (TPSA) is 26.3 Å². The van der Waals surface area contributed by atoms with Crippen LogP contribution in [-0.2, 0) is 0 Å². The summed E-state index contributed by atoms with van der Waals surface area (Å²) in [5, 5.41) is 0. The van der Waals surface area contributed by atoms with Gasteiger partial charge in [-0.25, -0.2) is 4.39 Å². The van der Waals surface area contributed by atoms with Crippen molar-refractivity contribution in [2.45, 2.75) is 26.7 Å². The fraction of sp³-hybridized carbons (Fsp3) is 0.462. The Bertz CT molecular complexity index is 372. The van der Waals surface area contributed by atoms with Crippen molar-refractivity contribution in [3.63, 3.8) is 0 Å². The predicted molar refractivity (Wildman–Crippen MR) is 61.4 cm³/mol. The van der Waals surface area contributed by atoms with Crippen molar-refractivity contribution in [2.24, 2.45) is 5.92 Å². The third-order valence-corrected chi connectivity index (χ3v) is 2.42. The summed E-state index contributed by atoms with van der Waals surface area (Å²) in [4.78, 5) is 11.8. The zero-order valence-electron chi connectivity index (χ0n) is 9.92. The fourth-order valence-corrected chi connectivity index (χ4v) is 1.49. The van der Waals surface area contributed by atoms with E-state index in [9.17, 15) is 9.18 Å². The molecule has 0 aromatic heterocycles. The minimum absolute atomic E-state index is 0.0747. The molecule has 0 spiro atoms. The molecule has 1 aromatic rings. The molecule has 0 bridgehead atoms. The zero-order valence-corrected chi connectivity index (χ0v) is 9.92. The van der Waals surface area contributed by atoms with Crippen molar-refractivity contribution in [1.82, 2.24) is 0 Å². The van der Waals surface area contributed by atoms with Crippen LogP contribution in [0.5, 0.6) is 5.75 Å². The molecule has 0 radical (unpaired) electrons.